The van der Waals surface area contributed by atoms with Gasteiger partial charge in [0.2, 0.25) is 5.91 Å². The number of phenols is 1. The predicted octanol–water partition coefficient (Wildman–Crippen LogP) is 3.39. The van der Waals surface area contributed by atoms with Crippen LogP contribution in [0.4, 0.5) is 10.5 Å². The maximum atomic E-state index is 13.3. The number of aromatic nitrogens is 2. The van der Waals surface area contributed by atoms with Gasteiger partial charge in [0, 0.05) is 18.2 Å². The molecule has 0 unspecified atom stereocenters. The number of benzene rings is 2. The Morgan fingerprint density at radius 2 is 1.73 bits per heavy atom. The van der Waals surface area contributed by atoms with Crippen molar-refractivity contribution in [1.29, 1.82) is 0 Å². The summed E-state index contributed by atoms with van der Waals surface area (Å²) in [4.78, 5) is 38.2. The third kappa shape index (κ3) is 7.16. The Balaban J connectivity index is 1.44. The SMILES string of the molecule is Cc1cc[n+]2cc(CNC(=O)[C@H](Cc3ccc(O)cc3)NC(=O)Nc3ccc(C(=O)OC(C)C)cc3)n(C)c2c1. The molecule has 0 aliphatic rings. The van der Waals surface area contributed by atoms with E-state index in [2.05, 4.69) is 22.0 Å². The zero-order valence-electron chi connectivity index (χ0n) is 23.0. The largest absolute Gasteiger partial charge is 0.508 e. The molecule has 208 valence electrons. The van der Waals surface area contributed by atoms with E-state index in [0.29, 0.717) is 11.3 Å². The third-order valence-electron chi connectivity index (χ3n) is 6.34. The van der Waals surface area contributed by atoms with E-state index in [1.165, 1.54) is 12.1 Å². The number of amides is 3. The standard InChI is InChI=1S/C30H33N5O5/c1-19(2)40-29(38)22-7-9-23(10-8-22)32-30(39)33-26(16-21-5-11-25(36)12-6-21)28(37)31-17-24-18-35-14-13-20(3)15-27(35)34(24)4/h5-15,18-19,26H,16-17H2,1-4H3,(H3-,31,32,33,36,37,38,39)/p+1/t26-/m0/s1. The van der Waals surface area contributed by atoms with Crippen LogP contribution in [0.15, 0.2) is 73.1 Å². The van der Waals surface area contributed by atoms with Gasteiger partial charge in [-0.05, 0) is 74.4 Å². The Kier molecular flexibility index (Phi) is 8.68. The number of urea groups is 1. The summed E-state index contributed by atoms with van der Waals surface area (Å²) >= 11 is 0. The molecular formula is C30H34N5O5+. The van der Waals surface area contributed by atoms with Gasteiger partial charge in [-0.3, -0.25) is 4.79 Å². The second kappa shape index (κ2) is 12.3. The fraction of sp³-hybridized carbons (Fsp3) is 0.267. The Bertz CT molecular complexity index is 1510. The van der Waals surface area contributed by atoms with Gasteiger partial charge in [-0.1, -0.05) is 12.1 Å². The third-order valence-corrected chi connectivity index (χ3v) is 6.34. The molecule has 4 rings (SSSR count). The summed E-state index contributed by atoms with van der Waals surface area (Å²) in [5.74, 6) is -0.697. The Morgan fingerprint density at radius 1 is 1.02 bits per heavy atom. The zero-order chi connectivity index (χ0) is 28.8. The Labute approximate surface area is 232 Å². The summed E-state index contributed by atoms with van der Waals surface area (Å²) in [6, 6.07) is 15.4. The highest BCUT2D eigenvalue weighted by Gasteiger charge is 2.23. The lowest BCUT2D eigenvalue weighted by Gasteiger charge is -2.19. The monoisotopic (exact) mass is 544 g/mol. The van der Waals surface area contributed by atoms with Gasteiger partial charge in [-0.25, -0.2) is 18.6 Å². The summed E-state index contributed by atoms with van der Waals surface area (Å²) in [6.45, 7) is 5.82. The molecule has 2 aromatic carbocycles. The summed E-state index contributed by atoms with van der Waals surface area (Å²) in [5.41, 5.74) is 4.60. The quantitative estimate of drug-likeness (QED) is 0.190. The van der Waals surface area contributed by atoms with E-state index in [-0.39, 0.29) is 30.7 Å². The molecule has 0 fully saturated rings. The van der Waals surface area contributed by atoms with Gasteiger partial charge < -0.3 is 25.8 Å². The van der Waals surface area contributed by atoms with Crippen LogP contribution in [0.1, 0.15) is 41.0 Å². The minimum absolute atomic E-state index is 0.111. The first-order valence-corrected chi connectivity index (χ1v) is 13.0. The van der Waals surface area contributed by atoms with Crippen LogP contribution in [0.25, 0.3) is 5.65 Å². The highest BCUT2D eigenvalue weighted by Crippen LogP contribution is 2.14. The molecule has 0 saturated carbocycles. The summed E-state index contributed by atoms with van der Waals surface area (Å²) in [5, 5.41) is 18.0. The van der Waals surface area contributed by atoms with Crippen LogP contribution in [0.5, 0.6) is 5.75 Å². The van der Waals surface area contributed by atoms with Crippen LogP contribution >= 0.6 is 0 Å². The van der Waals surface area contributed by atoms with Crippen molar-refractivity contribution < 1.29 is 28.6 Å². The summed E-state index contributed by atoms with van der Waals surface area (Å²) < 4.78 is 9.17. The number of nitrogens with one attached hydrogen (secondary N) is 3. The van der Waals surface area contributed by atoms with Crippen LogP contribution in [0.3, 0.4) is 0 Å². The number of esters is 1. The summed E-state index contributed by atoms with van der Waals surface area (Å²) in [7, 11) is 1.93. The maximum Gasteiger partial charge on any atom is 0.338 e. The molecular weight excluding hydrogens is 510 g/mol. The van der Waals surface area contributed by atoms with Gasteiger partial charge in [0.05, 0.1) is 31.5 Å². The number of rotatable bonds is 9. The highest BCUT2D eigenvalue weighted by molar-refractivity contribution is 5.95. The fourth-order valence-corrected chi connectivity index (χ4v) is 4.21. The van der Waals surface area contributed by atoms with Gasteiger partial charge in [0.1, 0.15) is 18.0 Å². The average molecular weight is 545 g/mol. The molecule has 0 aliphatic carbocycles. The van der Waals surface area contributed by atoms with Gasteiger partial charge in [-0.15, -0.1) is 0 Å². The molecule has 0 radical (unpaired) electrons. The van der Waals surface area contributed by atoms with Gasteiger partial charge in [-0.2, -0.15) is 0 Å². The van der Waals surface area contributed by atoms with E-state index < -0.39 is 18.0 Å². The van der Waals surface area contributed by atoms with E-state index in [0.717, 1.165) is 22.5 Å². The number of imidazole rings is 1. The van der Waals surface area contributed by atoms with Gasteiger partial charge in [0.25, 0.3) is 5.65 Å². The van der Waals surface area contributed by atoms with Crippen LogP contribution in [-0.4, -0.2) is 39.7 Å². The average Bonchev–Trinajstić information content (AvgIpc) is 3.22. The number of aromatic hydroxyl groups is 1. The lowest BCUT2D eigenvalue weighted by Crippen LogP contribution is -2.49. The Morgan fingerprint density at radius 3 is 2.40 bits per heavy atom. The molecule has 0 saturated heterocycles. The van der Waals surface area contributed by atoms with E-state index >= 15 is 0 Å². The van der Waals surface area contributed by atoms with Crippen LogP contribution in [-0.2, 0) is 29.5 Å². The van der Waals surface area contributed by atoms with Crippen molar-refractivity contribution in [2.24, 2.45) is 7.05 Å². The molecule has 10 nitrogen and oxygen atoms in total. The van der Waals surface area contributed by atoms with Crippen molar-refractivity contribution in [3.63, 3.8) is 0 Å². The number of nitrogens with zero attached hydrogens (tertiary/aromatic N) is 2. The first kappa shape index (κ1) is 28.2. The van der Waals surface area contributed by atoms with Gasteiger partial charge in [0.15, 0.2) is 5.69 Å². The first-order chi connectivity index (χ1) is 19.1. The lowest BCUT2D eigenvalue weighted by molar-refractivity contribution is -0.511. The number of carbonyl (C=O) groups is 3. The van der Waals surface area contributed by atoms with Crippen molar-refractivity contribution in [3.8, 4) is 5.75 Å². The topological polar surface area (TPSA) is 126 Å². The fourth-order valence-electron chi connectivity index (χ4n) is 4.21. The molecule has 10 heteroatoms. The number of hydrogen-bond acceptors (Lipinski definition) is 5. The van der Waals surface area contributed by atoms with Crippen molar-refractivity contribution in [3.05, 3.63) is 95.4 Å². The van der Waals surface area contributed by atoms with E-state index in [1.807, 2.05) is 41.4 Å². The second-order valence-corrected chi connectivity index (χ2v) is 9.92. The summed E-state index contributed by atoms with van der Waals surface area (Å²) in [6.07, 6.45) is 3.89. The number of phenolic OH excluding ortho intramolecular Hbond substituents is 1. The van der Waals surface area contributed by atoms with E-state index in [9.17, 15) is 19.5 Å². The Hall–Kier alpha value is -4.86. The maximum absolute atomic E-state index is 13.3. The molecule has 2 aromatic heterocycles. The molecule has 1 atom stereocenters. The normalized spacial score (nSPS) is 11.7. The van der Waals surface area contributed by atoms with E-state index in [4.69, 9.17) is 4.74 Å². The van der Waals surface area contributed by atoms with Crippen molar-refractivity contribution in [2.45, 2.75) is 45.9 Å². The lowest BCUT2D eigenvalue weighted by atomic mass is 10.1. The molecule has 0 aliphatic heterocycles. The number of ether oxygens (including phenoxy) is 1. The van der Waals surface area contributed by atoms with Crippen LogP contribution in [0, 0.1) is 6.92 Å². The molecule has 4 N–H and O–H groups in total. The predicted molar refractivity (Wildman–Crippen MR) is 150 cm³/mol. The number of hydrogen-bond donors (Lipinski definition) is 4. The second-order valence-electron chi connectivity index (χ2n) is 9.92. The number of pyridine rings is 1. The number of fused-ring (bicyclic) bond motifs is 1. The first-order valence-electron chi connectivity index (χ1n) is 13.0. The zero-order valence-corrected chi connectivity index (χ0v) is 23.0. The number of carbonyl (C=O) groups excluding carboxylic acids is 3. The highest BCUT2D eigenvalue weighted by atomic mass is 16.5. The molecule has 0 spiro atoms. The number of anilines is 1. The minimum Gasteiger partial charge on any atom is -0.508 e. The molecule has 40 heavy (non-hydrogen) atoms. The molecule has 2 heterocycles. The van der Waals surface area contributed by atoms with Crippen molar-refractivity contribution in [2.75, 3.05) is 5.32 Å². The van der Waals surface area contributed by atoms with Crippen LogP contribution in [0.2, 0.25) is 0 Å². The van der Waals surface area contributed by atoms with E-state index in [1.54, 1.807) is 50.2 Å². The number of aryl methyl sites for hydroxylation is 2. The smallest absolute Gasteiger partial charge is 0.338 e. The molecule has 0 bridgehead atoms. The van der Waals surface area contributed by atoms with Crippen molar-refractivity contribution >= 4 is 29.2 Å². The molecule has 4 aromatic rings. The van der Waals surface area contributed by atoms with Crippen LogP contribution < -0.4 is 20.4 Å². The minimum atomic E-state index is -0.894. The molecule has 3 amide bonds. The van der Waals surface area contributed by atoms with Gasteiger partial charge >= 0.3 is 12.0 Å². The van der Waals surface area contributed by atoms with Crippen molar-refractivity contribution in [1.82, 2.24) is 15.2 Å².